The van der Waals surface area contributed by atoms with Crippen molar-refractivity contribution in [3.8, 4) is 0 Å². The summed E-state index contributed by atoms with van der Waals surface area (Å²) >= 11 is 0. The number of carbonyl (C=O) groups excluding carboxylic acids is 3. The second kappa shape index (κ2) is 6.90. The summed E-state index contributed by atoms with van der Waals surface area (Å²) in [5.74, 6) is -1.02. The van der Waals surface area contributed by atoms with Crippen molar-refractivity contribution in [3.05, 3.63) is 65.7 Å². The third kappa shape index (κ3) is 2.30. The predicted octanol–water partition coefficient (Wildman–Crippen LogP) is 2.14. The Hall–Kier alpha value is -3.19. The molecule has 3 heterocycles. The van der Waals surface area contributed by atoms with Gasteiger partial charge in [-0.1, -0.05) is 67.8 Å². The second-order valence-electron chi connectivity index (χ2n) is 9.77. The molecular formula is C26H28N4O3. The molecule has 1 aliphatic carbocycles. The van der Waals surface area contributed by atoms with Gasteiger partial charge in [-0.15, -0.1) is 0 Å². The molecule has 1 spiro atoms. The highest BCUT2D eigenvalue weighted by Crippen LogP contribution is 2.61. The summed E-state index contributed by atoms with van der Waals surface area (Å²) in [6, 6.07) is 16.4. The minimum absolute atomic E-state index is 0.0758. The van der Waals surface area contributed by atoms with E-state index < -0.39 is 17.1 Å². The van der Waals surface area contributed by atoms with Crippen LogP contribution in [0.15, 0.2) is 54.6 Å². The van der Waals surface area contributed by atoms with Gasteiger partial charge in [-0.3, -0.25) is 25.0 Å². The van der Waals surface area contributed by atoms with Gasteiger partial charge in [-0.2, -0.15) is 0 Å². The summed E-state index contributed by atoms with van der Waals surface area (Å²) < 4.78 is 0. The number of imide groups is 1. The normalized spacial score (nSPS) is 31.3. The molecule has 2 aromatic rings. The fourth-order valence-electron chi connectivity index (χ4n) is 6.77. The van der Waals surface area contributed by atoms with Crippen LogP contribution in [0.25, 0.3) is 0 Å². The number of fused-ring (bicyclic) bond motifs is 1. The van der Waals surface area contributed by atoms with Crippen molar-refractivity contribution < 1.29 is 14.4 Å². The molecule has 3 unspecified atom stereocenters. The fourth-order valence-corrected chi connectivity index (χ4v) is 6.77. The van der Waals surface area contributed by atoms with E-state index in [2.05, 4.69) is 0 Å². The van der Waals surface area contributed by atoms with Gasteiger partial charge in [0.05, 0.1) is 0 Å². The topological polar surface area (TPSA) is 86.9 Å². The maximum Gasteiger partial charge on any atom is 0.265 e. The summed E-state index contributed by atoms with van der Waals surface area (Å²) in [7, 11) is 1.52. The smallest absolute Gasteiger partial charge is 0.265 e. The highest BCUT2D eigenvalue weighted by atomic mass is 16.2. The molecule has 33 heavy (non-hydrogen) atoms. The minimum atomic E-state index is -1.66. The monoisotopic (exact) mass is 444 g/mol. The Morgan fingerprint density at radius 1 is 0.909 bits per heavy atom. The SMILES string of the molecule is CN1C(=O)C2N(C3CCCCC3)C(=O)C3(N)N(Cc4ccccc4)c4ccccc4C23C1=O. The van der Waals surface area contributed by atoms with Crippen LogP contribution in [0.4, 0.5) is 5.69 Å². The zero-order valence-corrected chi connectivity index (χ0v) is 18.7. The number of benzene rings is 2. The van der Waals surface area contributed by atoms with Crippen LogP contribution in [-0.4, -0.2) is 52.3 Å². The number of carbonyl (C=O) groups is 3. The maximum absolute atomic E-state index is 14.3. The first kappa shape index (κ1) is 20.4. The van der Waals surface area contributed by atoms with Gasteiger partial charge in [-0.05, 0) is 30.0 Å². The average molecular weight is 445 g/mol. The van der Waals surface area contributed by atoms with Crippen molar-refractivity contribution in [3.63, 3.8) is 0 Å². The summed E-state index contributed by atoms with van der Waals surface area (Å²) in [5.41, 5.74) is 6.49. The molecule has 2 N–H and O–H groups in total. The quantitative estimate of drug-likeness (QED) is 0.733. The third-order valence-electron chi connectivity index (χ3n) is 8.25. The van der Waals surface area contributed by atoms with Crippen LogP contribution in [0.5, 0.6) is 0 Å². The zero-order valence-electron chi connectivity index (χ0n) is 18.7. The first-order chi connectivity index (χ1) is 15.9. The summed E-state index contributed by atoms with van der Waals surface area (Å²) in [5, 5.41) is 0. The van der Waals surface area contributed by atoms with E-state index in [0.29, 0.717) is 12.1 Å². The van der Waals surface area contributed by atoms with Crippen LogP contribution in [0.2, 0.25) is 0 Å². The van der Waals surface area contributed by atoms with Gasteiger partial charge in [0, 0.05) is 25.3 Å². The predicted molar refractivity (Wildman–Crippen MR) is 123 cm³/mol. The lowest BCUT2D eigenvalue weighted by molar-refractivity contribution is -0.147. The second-order valence-corrected chi connectivity index (χ2v) is 9.77. The number of amides is 3. The standard InChI is InChI=1S/C26H28N4O3/c1-28-22(31)21-25(23(28)32)19-14-8-9-15-20(19)29(16-17-10-4-2-5-11-17)26(25,27)24(33)30(21)18-12-6-3-7-13-18/h2,4-5,8-11,14-15,18,21H,3,6-7,12-13,16,27H2,1H3. The number of para-hydroxylation sites is 1. The van der Waals surface area contributed by atoms with Gasteiger partial charge in [0.15, 0.2) is 11.1 Å². The molecule has 0 bridgehead atoms. The van der Waals surface area contributed by atoms with Gasteiger partial charge >= 0.3 is 0 Å². The molecule has 3 amide bonds. The fraction of sp³-hybridized carbons (Fsp3) is 0.423. The van der Waals surface area contributed by atoms with Crippen molar-refractivity contribution >= 4 is 23.4 Å². The van der Waals surface area contributed by atoms with Crippen molar-refractivity contribution in [1.82, 2.24) is 9.80 Å². The van der Waals surface area contributed by atoms with E-state index in [-0.39, 0.29) is 23.8 Å². The number of rotatable bonds is 3. The molecule has 3 aliphatic heterocycles. The van der Waals surface area contributed by atoms with Crippen LogP contribution in [0.1, 0.15) is 43.2 Å². The average Bonchev–Trinajstić information content (AvgIpc) is 3.29. The van der Waals surface area contributed by atoms with Crippen LogP contribution in [0.3, 0.4) is 0 Å². The van der Waals surface area contributed by atoms with E-state index in [4.69, 9.17) is 5.73 Å². The molecule has 7 nitrogen and oxygen atoms in total. The van der Waals surface area contributed by atoms with E-state index >= 15 is 0 Å². The zero-order chi connectivity index (χ0) is 23.0. The molecule has 7 heteroatoms. The van der Waals surface area contributed by atoms with Crippen molar-refractivity contribution in [2.45, 2.75) is 61.8 Å². The molecule has 2 aromatic carbocycles. The van der Waals surface area contributed by atoms with Gasteiger partial charge in [-0.25, -0.2) is 0 Å². The lowest BCUT2D eigenvalue weighted by Crippen LogP contribution is -2.69. The highest BCUT2D eigenvalue weighted by Gasteiger charge is 2.83. The molecule has 170 valence electrons. The number of nitrogens with two attached hydrogens (primary N) is 1. The third-order valence-corrected chi connectivity index (χ3v) is 8.25. The van der Waals surface area contributed by atoms with E-state index in [1.54, 1.807) is 4.90 Å². The molecule has 2 saturated heterocycles. The maximum atomic E-state index is 14.3. The molecule has 3 atom stereocenters. The van der Waals surface area contributed by atoms with Gasteiger partial charge in [0.25, 0.3) is 11.8 Å². The van der Waals surface area contributed by atoms with Crippen LogP contribution < -0.4 is 10.6 Å². The Balaban J connectivity index is 1.60. The van der Waals surface area contributed by atoms with E-state index in [0.717, 1.165) is 43.4 Å². The molecule has 3 fully saturated rings. The molecule has 0 radical (unpaired) electrons. The number of likely N-dealkylation sites (tertiary alicyclic amines) is 2. The van der Waals surface area contributed by atoms with E-state index in [1.165, 1.54) is 11.9 Å². The number of likely N-dealkylation sites (N-methyl/N-ethyl adjacent to an activating group) is 1. The lowest BCUT2D eigenvalue weighted by Gasteiger charge is -2.39. The molecule has 0 aromatic heterocycles. The van der Waals surface area contributed by atoms with Gasteiger partial charge in [0.2, 0.25) is 5.91 Å². The Bertz CT molecular complexity index is 1160. The van der Waals surface area contributed by atoms with E-state index in [1.807, 2.05) is 59.5 Å². The van der Waals surface area contributed by atoms with Crippen LogP contribution in [-0.2, 0) is 26.3 Å². The Morgan fingerprint density at radius 2 is 1.58 bits per heavy atom. The number of hydrogen-bond donors (Lipinski definition) is 1. The summed E-state index contributed by atoms with van der Waals surface area (Å²) in [6.07, 6.45) is 4.81. The van der Waals surface area contributed by atoms with Gasteiger partial charge in [0.1, 0.15) is 6.04 Å². The minimum Gasteiger partial charge on any atom is -0.340 e. The van der Waals surface area contributed by atoms with Crippen LogP contribution >= 0.6 is 0 Å². The lowest BCUT2D eigenvalue weighted by atomic mass is 9.71. The highest BCUT2D eigenvalue weighted by molar-refractivity contribution is 6.23. The number of hydrogen-bond acceptors (Lipinski definition) is 5. The van der Waals surface area contributed by atoms with E-state index in [9.17, 15) is 14.4 Å². The van der Waals surface area contributed by atoms with Crippen LogP contribution in [0, 0.1) is 0 Å². The van der Waals surface area contributed by atoms with Crippen molar-refractivity contribution in [1.29, 1.82) is 0 Å². The number of nitrogens with zero attached hydrogens (tertiary/aromatic N) is 3. The number of anilines is 1. The molecule has 6 rings (SSSR count). The first-order valence-corrected chi connectivity index (χ1v) is 11.8. The molecule has 4 aliphatic rings. The Morgan fingerprint density at radius 3 is 2.30 bits per heavy atom. The Labute approximate surface area is 193 Å². The largest absolute Gasteiger partial charge is 0.340 e. The molecular weight excluding hydrogens is 416 g/mol. The Kier molecular flexibility index (Phi) is 4.27. The summed E-state index contributed by atoms with van der Waals surface area (Å²) in [6.45, 7) is 0.373. The van der Waals surface area contributed by atoms with Crippen molar-refractivity contribution in [2.75, 3.05) is 11.9 Å². The van der Waals surface area contributed by atoms with Crippen molar-refractivity contribution in [2.24, 2.45) is 5.73 Å². The summed E-state index contributed by atoms with van der Waals surface area (Å²) in [4.78, 5) is 46.6. The molecule has 1 saturated carbocycles. The first-order valence-electron chi connectivity index (χ1n) is 11.8. The van der Waals surface area contributed by atoms with Gasteiger partial charge < -0.3 is 9.80 Å².